The zero-order chi connectivity index (χ0) is 15.9. The number of hydrogen-bond acceptors (Lipinski definition) is 5. The van der Waals surface area contributed by atoms with Crippen molar-refractivity contribution in [2.75, 3.05) is 5.32 Å². The first-order valence-electron chi connectivity index (χ1n) is 6.24. The Morgan fingerprint density at radius 1 is 1.52 bits per heavy atom. The van der Waals surface area contributed by atoms with Crippen LogP contribution >= 0.6 is 15.9 Å². The summed E-state index contributed by atoms with van der Waals surface area (Å²) >= 11 is 3.35. The number of amides is 1. The first-order valence-corrected chi connectivity index (χ1v) is 7.16. The molecule has 1 aromatic rings. The average Bonchev–Trinajstić information content (AvgIpc) is 2.34. The number of carbonyl (C=O) groups excluding carboxylic acids is 1. The molecular weight excluding hydrogens is 344 g/mol. The van der Waals surface area contributed by atoms with Crippen molar-refractivity contribution in [3.63, 3.8) is 0 Å². The Labute approximate surface area is 129 Å². The van der Waals surface area contributed by atoms with Crippen molar-refractivity contribution in [3.8, 4) is 5.75 Å². The molecule has 2 N–H and O–H groups in total. The molecule has 114 valence electrons. The number of carbonyl (C=O) groups is 1. The number of hydrogen-bond donors (Lipinski definition) is 2. The number of nitro groups is 1. The van der Waals surface area contributed by atoms with E-state index in [2.05, 4.69) is 21.2 Å². The standard InChI is InChI=1S/C13H15BrN2O5/c1-6(17)15-8-5-10-7(4-9(8)16(19)20)11(18)12(14)13(2,3)21-10/h4-5,11-12,18H,1-3H3,(H,15,17)/t11-,12+/m0/s1. The van der Waals surface area contributed by atoms with E-state index in [0.717, 1.165) is 0 Å². The molecule has 0 unspecified atom stereocenters. The molecule has 0 saturated heterocycles. The van der Waals surface area contributed by atoms with E-state index in [1.807, 2.05) is 0 Å². The van der Waals surface area contributed by atoms with Crippen molar-refractivity contribution < 1.29 is 19.6 Å². The zero-order valence-electron chi connectivity index (χ0n) is 11.7. The Balaban J connectivity index is 2.59. The van der Waals surface area contributed by atoms with Gasteiger partial charge in [-0.1, -0.05) is 15.9 Å². The van der Waals surface area contributed by atoms with Crippen molar-refractivity contribution in [2.24, 2.45) is 0 Å². The third-order valence-electron chi connectivity index (χ3n) is 3.27. The Morgan fingerprint density at radius 2 is 2.14 bits per heavy atom. The fourth-order valence-electron chi connectivity index (χ4n) is 2.22. The number of fused-ring (bicyclic) bond motifs is 1. The number of halogens is 1. The SMILES string of the molecule is CC(=O)Nc1cc2c(cc1[N+](=O)[O-])[C@H](O)[C@@H](Br)C(C)(C)O2. The Bertz CT molecular complexity index is 617. The Morgan fingerprint density at radius 3 is 2.67 bits per heavy atom. The van der Waals surface area contributed by atoms with Gasteiger partial charge in [0.25, 0.3) is 5.69 Å². The summed E-state index contributed by atoms with van der Waals surface area (Å²) in [6.07, 6.45) is -0.950. The van der Waals surface area contributed by atoms with E-state index in [0.29, 0.717) is 11.3 Å². The summed E-state index contributed by atoms with van der Waals surface area (Å²) in [5.74, 6) is -0.107. The summed E-state index contributed by atoms with van der Waals surface area (Å²) < 4.78 is 5.78. The maximum atomic E-state index is 11.2. The molecular formula is C13H15BrN2O5. The van der Waals surface area contributed by atoms with E-state index < -0.39 is 27.4 Å². The van der Waals surface area contributed by atoms with Gasteiger partial charge in [0.05, 0.1) is 15.9 Å². The normalized spacial score (nSPS) is 22.9. The Kier molecular flexibility index (Phi) is 3.94. The second-order valence-electron chi connectivity index (χ2n) is 5.40. The highest BCUT2D eigenvalue weighted by atomic mass is 79.9. The van der Waals surface area contributed by atoms with Crippen LogP contribution in [-0.4, -0.2) is 26.4 Å². The fourth-order valence-corrected chi connectivity index (χ4v) is 2.60. The van der Waals surface area contributed by atoms with Gasteiger partial charge in [-0.05, 0) is 13.8 Å². The van der Waals surface area contributed by atoms with Crippen molar-refractivity contribution in [1.82, 2.24) is 0 Å². The molecule has 1 aromatic carbocycles. The number of anilines is 1. The molecule has 8 heteroatoms. The average molecular weight is 359 g/mol. The molecule has 1 heterocycles. The first kappa shape index (κ1) is 15.7. The monoisotopic (exact) mass is 358 g/mol. The highest BCUT2D eigenvalue weighted by Gasteiger charge is 2.42. The van der Waals surface area contributed by atoms with E-state index in [-0.39, 0.29) is 11.4 Å². The molecule has 0 bridgehead atoms. The van der Waals surface area contributed by atoms with Crippen molar-refractivity contribution in [1.29, 1.82) is 0 Å². The van der Waals surface area contributed by atoms with Gasteiger partial charge in [-0.3, -0.25) is 14.9 Å². The van der Waals surface area contributed by atoms with Gasteiger partial charge < -0.3 is 15.2 Å². The highest BCUT2D eigenvalue weighted by molar-refractivity contribution is 9.09. The van der Waals surface area contributed by atoms with Crippen molar-refractivity contribution in [3.05, 3.63) is 27.8 Å². The van der Waals surface area contributed by atoms with Crippen LogP contribution in [0, 0.1) is 10.1 Å². The van der Waals surface area contributed by atoms with Gasteiger partial charge in [-0.2, -0.15) is 0 Å². The number of rotatable bonds is 2. The van der Waals surface area contributed by atoms with Gasteiger partial charge in [-0.25, -0.2) is 0 Å². The van der Waals surface area contributed by atoms with Crippen LogP contribution < -0.4 is 10.1 Å². The number of alkyl halides is 1. The molecule has 0 aliphatic carbocycles. The summed E-state index contributed by atoms with van der Waals surface area (Å²) in [6.45, 7) is 4.84. The number of nitro benzene ring substituents is 1. The van der Waals surface area contributed by atoms with Gasteiger partial charge in [0.1, 0.15) is 17.0 Å². The van der Waals surface area contributed by atoms with Crippen LogP contribution in [0.1, 0.15) is 32.4 Å². The van der Waals surface area contributed by atoms with E-state index in [1.165, 1.54) is 19.1 Å². The molecule has 0 aromatic heterocycles. The predicted molar refractivity (Wildman–Crippen MR) is 79.8 cm³/mol. The minimum Gasteiger partial charge on any atom is -0.486 e. The van der Waals surface area contributed by atoms with Crippen LogP contribution in [-0.2, 0) is 4.79 Å². The third-order valence-corrected chi connectivity index (χ3v) is 4.87. The fraction of sp³-hybridized carbons (Fsp3) is 0.462. The molecule has 0 fully saturated rings. The quantitative estimate of drug-likeness (QED) is 0.480. The summed E-state index contributed by atoms with van der Waals surface area (Å²) in [6, 6.07) is 2.60. The molecule has 21 heavy (non-hydrogen) atoms. The largest absolute Gasteiger partial charge is 0.486 e. The summed E-state index contributed by atoms with van der Waals surface area (Å²) in [5, 5.41) is 23.8. The van der Waals surface area contributed by atoms with E-state index >= 15 is 0 Å². The summed E-state index contributed by atoms with van der Waals surface area (Å²) in [7, 11) is 0. The van der Waals surface area contributed by atoms with E-state index in [1.54, 1.807) is 13.8 Å². The number of nitrogens with one attached hydrogen (secondary N) is 1. The maximum Gasteiger partial charge on any atom is 0.293 e. The number of aliphatic hydroxyl groups excluding tert-OH is 1. The van der Waals surface area contributed by atoms with E-state index in [4.69, 9.17) is 4.74 Å². The lowest BCUT2D eigenvalue weighted by atomic mass is 9.91. The van der Waals surface area contributed by atoms with Gasteiger partial charge in [-0.15, -0.1) is 0 Å². The van der Waals surface area contributed by atoms with Gasteiger partial charge in [0, 0.05) is 24.6 Å². The minimum absolute atomic E-state index is 0.0438. The number of benzene rings is 1. The molecule has 0 saturated carbocycles. The van der Waals surface area contributed by atoms with Gasteiger partial charge in [0.2, 0.25) is 5.91 Å². The van der Waals surface area contributed by atoms with Gasteiger partial charge in [0.15, 0.2) is 0 Å². The maximum absolute atomic E-state index is 11.2. The predicted octanol–water partition coefficient (Wildman–Crippen LogP) is 2.52. The van der Waals surface area contributed by atoms with Crippen LogP contribution in [0.4, 0.5) is 11.4 Å². The second-order valence-corrected chi connectivity index (χ2v) is 6.38. The molecule has 0 radical (unpaired) electrons. The molecule has 2 atom stereocenters. The van der Waals surface area contributed by atoms with Crippen LogP contribution in [0.3, 0.4) is 0 Å². The number of aliphatic hydroxyl groups is 1. The lowest BCUT2D eigenvalue weighted by molar-refractivity contribution is -0.384. The van der Waals surface area contributed by atoms with Crippen LogP contribution in [0.5, 0.6) is 5.75 Å². The van der Waals surface area contributed by atoms with Crippen molar-refractivity contribution >= 4 is 33.2 Å². The smallest absolute Gasteiger partial charge is 0.293 e. The number of ether oxygens (including phenoxy) is 1. The highest BCUT2D eigenvalue weighted by Crippen LogP contribution is 2.46. The Hall–Kier alpha value is -1.67. The zero-order valence-corrected chi connectivity index (χ0v) is 13.3. The van der Waals surface area contributed by atoms with Crippen LogP contribution in [0.15, 0.2) is 12.1 Å². The second kappa shape index (κ2) is 5.27. The van der Waals surface area contributed by atoms with Gasteiger partial charge >= 0.3 is 0 Å². The van der Waals surface area contributed by atoms with Crippen molar-refractivity contribution in [2.45, 2.75) is 37.3 Å². The lowest BCUT2D eigenvalue weighted by Gasteiger charge is -2.40. The minimum atomic E-state index is -0.950. The molecule has 1 aliphatic rings. The molecule has 2 rings (SSSR count). The molecule has 1 aliphatic heterocycles. The number of nitrogens with zero attached hydrogens (tertiary/aromatic N) is 1. The molecule has 7 nitrogen and oxygen atoms in total. The third kappa shape index (κ3) is 2.86. The van der Waals surface area contributed by atoms with Crippen LogP contribution in [0.2, 0.25) is 0 Å². The summed E-state index contributed by atoms with van der Waals surface area (Å²) in [5.41, 5.74) is -0.624. The van der Waals surface area contributed by atoms with Crippen LogP contribution in [0.25, 0.3) is 0 Å². The topological polar surface area (TPSA) is 102 Å². The first-order chi connectivity index (χ1) is 9.63. The van der Waals surface area contributed by atoms with E-state index in [9.17, 15) is 20.0 Å². The lowest BCUT2D eigenvalue weighted by Crippen LogP contribution is -2.45. The molecule has 1 amide bonds. The molecule has 0 spiro atoms. The summed E-state index contributed by atoms with van der Waals surface area (Å²) in [4.78, 5) is 21.3.